The largest absolute Gasteiger partial charge is 0.366 e. The fourth-order valence-corrected chi connectivity index (χ4v) is 2.17. The fraction of sp³-hybridized carbons (Fsp3) is 0.375. The first-order valence-corrected chi connectivity index (χ1v) is 6.95. The Morgan fingerprint density at radius 3 is 2.60 bits per heavy atom. The van der Waals surface area contributed by atoms with E-state index in [1.807, 2.05) is 50.2 Å². The monoisotopic (exact) mass is 271 g/mol. The SMILES string of the molecule is CCOC(c1ccccc1)c1nc(C)cc(CCN)n1. The van der Waals surface area contributed by atoms with Gasteiger partial charge in [0.1, 0.15) is 6.10 Å². The van der Waals surface area contributed by atoms with Gasteiger partial charge in [0.25, 0.3) is 0 Å². The second-order valence-electron chi connectivity index (χ2n) is 4.64. The normalized spacial score (nSPS) is 12.3. The van der Waals surface area contributed by atoms with Crippen molar-refractivity contribution in [3.8, 4) is 0 Å². The van der Waals surface area contributed by atoms with E-state index in [1.165, 1.54) is 0 Å². The molecule has 2 rings (SSSR count). The summed E-state index contributed by atoms with van der Waals surface area (Å²) in [5, 5.41) is 0. The van der Waals surface area contributed by atoms with Crippen LogP contribution in [0, 0.1) is 6.92 Å². The maximum Gasteiger partial charge on any atom is 0.162 e. The van der Waals surface area contributed by atoms with Crippen molar-refractivity contribution in [2.75, 3.05) is 13.2 Å². The first kappa shape index (κ1) is 14.6. The number of nitrogens with two attached hydrogens (primary N) is 1. The third-order valence-corrected chi connectivity index (χ3v) is 3.00. The Bertz CT molecular complexity index is 543. The van der Waals surface area contributed by atoms with E-state index in [4.69, 9.17) is 10.5 Å². The van der Waals surface area contributed by atoms with E-state index in [-0.39, 0.29) is 6.10 Å². The summed E-state index contributed by atoms with van der Waals surface area (Å²) in [5.41, 5.74) is 8.59. The minimum atomic E-state index is -0.224. The zero-order valence-electron chi connectivity index (χ0n) is 12.0. The molecule has 2 aromatic rings. The summed E-state index contributed by atoms with van der Waals surface area (Å²) in [6, 6.07) is 12.0. The summed E-state index contributed by atoms with van der Waals surface area (Å²) >= 11 is 0. The van der Waals surface area contributed by atoms with Gasteiger partial charge in [-0.25, -0.2) is 9.97 Å². The van der Waals surface area contributed by atoms with Crippen LogP contribution >= 0.6 is 0 Å². The van der Waals surface area contributed by atoms with Crippen LogP contribution in [0.25, 0.3) is 0 Å². The molecule has 1 atom stereocenters. The zero-order valence-corrected chi connectivity index (χ0v) is 12.0. The summed E-state index contributed by atoms with van der Waals surface area (Å²) in [5.74, 6) is 0.710. The number of rotatable bonds is 6. The molecule has 4 nitrogen and oxygen atoms in total. The number of hydrogen-bond acceptors (Lipinski definition) is 4. The van der Waals surface area contributed by atoms with Crippen molar-refractivity contribution >= 4 is 0 Å². The van der Waals surface area contributed by atoms with Gasteiger partial charge in [0.05, 0.1) is 0 Å². The molecule has 0 saturated heterocycles. The molecule has 0 amide bonds. The Kier molecular flexibility index (Phi) is 5.21. The lowest BCUT2D eigenvalue weighted by Gasteiger charge is -2.17. The van der Waals surface area contributed by atoms with E-state index < -0.39 is 0 Å². The van der Waals surface area contributed by atoms with Gasteiger partial charge in [-0.1, -0.05) is 30.3 Å². The van der Waals surface area contributed by atoms with Crippen molar-refractivity contribution in [1.29, 1.82) is 0 Å². The van der Waals surface area contributed by atoms with Gasteiger partial charge in [-0.2, -0.15) is 0 Å². The second-order valence-corrected chi connectivity index (χ2v) is 4.64. The van der Waals surface area contributed by atoms with E-state index in [9.17, 15) is 0 Å². The highest BCUT2D eigenvalue weighted by atomic mass is 16.5. The smallest absolute Gasteiger partial charge is 0.162 e. The highest BCUT2D eigenvalue weighted by Gasteiger charge is 2.18. The zero-order chi connectivity index (χ0) is 14.4. The van der Waals surface area contributed by atoms with Crippen molar-refractivity contribution in [3.63, 3.8) is 0 Å². The number of benzene rings is 1. The Morgan fingerprint density at radius 2 is 1.95 bits per heavy atom. The molecule has 0 aliphatic carbocycles. The van der Waals surface area contributed by atoms with Gasteiger partial charge >= 0.3 is 0 Å². The maximum absolute atomic E-state index is 5.85. The van der Waals surface area contributed by atoms with Crippen LogP contribution in [0.4, 0.5) is 0 Å². The number of hydrogen-bond donors (Lipinski definition) is 1. The highest BCUT2D eigenvalue weighted by Crippen LogP contribution is 2.23. The van der Waals surface area contributed by atoms with Crippen molar-refractivity contribution in [1.82, 2.24) is 9.97 Å². The number of aryl methyl sites for hydroxylation is 1. The summed E-state index contributed by atoms with van der Waals surface area (Å²) in [6.07, 6.45) is 0.530. The third kappa shape index (κ3) is 3.62. The van der Waals surface area contributed by atoms with E-state index in [1.54, 1.807) is 0 Å². The molecule has 106 valence electrons. The van der Waals surface area contributed by atoms with Crippen LogP contribution in [-0.4, -0.2) is 23.1 Å². The summed E-state index contributed by atoms with van der Waals surface area (Å²) < 4.78 is 5.85. The quantitative estimate of drug-likeness (QED) is 0.876. The summed E-state index contributed by atoms with van der Waals surface area (Å²) in [7, 11) is 0. The molecule has 20 heavy (non-hydrogen) atoms. The molecule has 1 unspecified atom stereocenters. The first-order valence-electron chi connectivity index (χ1n) is 6.95. The molecule has 0 radical (unpaired) electrons. The van der Waals surface area contributed by atoms with Gasteiger partial charge in [-0.15, -0.1) is 0 Å². The highest BCUT2D eigenvalue weighted by molar-refractivity contribution is 5.24. The maximum atomic E-state index is 5.85. The first-order chi connectivity index (χ1) is 9.74. The molecule has 1 aromatic carbocycles. The number of ether oxygens (including phenoxy) is 1. The van der Waals surface area contributed by atoms with Gasteiger partial charge in [0.2, 0.25) is 0 Å². The van der Waals surface area contributed by atoms with Gasteiger partial charge in [-0.3, -0.25) is 0 Å². The van der Waals surface area contributed by atoms with Gasteiger partial charge in [-0.05, 0) is 32.0 Å². The number of aromatic nitrogens is 2. The van der Waals surface area contributed by atoms with Crippen molar-refractivity contribution in [2.45, 2.75) is 26.4 Å². The van der Waals surface area contributed by atoms with Gasteiger partial charge < -0.3 is 10.5 Å². The van der Waals surface area contributed by atoms with Crippen LogP contribution in [0.5, 0.6) is 0 Å². The van der Waals surface area contributed by atoms with Crippen LogP contribution in [0.15, 0.2) is 36.4 Å². The number of nitrogens with zero attached hydrogens (tertiary/aromatic N) is 2. The third-order valence-electron chi connectivity index (χ3n) is 3.00. The van der Waals surface area contributed by atoms with Crippen molar-refractivity contribution in [2.24, 2.45) is 5.73 Å². The lowest BCUT2D eigenvalue weighted by molar-refractivity contribution is 0.0848. The molecule has 0 bridgehead atoms. The Hall–Kier alpha value is -1.78. The average molecular weight is 271 g/mol. The predicted molar refractivity (Wildman–Crippen MR) is 79.4 cm³/mol. The van der Waals surface area contributed by atoms with E-state index >= 15 is 0 Å². The van der Waals surface area contributed by atoms with Gasteiger partial charge in [0.15, 0.2) is 5.82 Å². The molecular weight excluding hydrogens is 250 g/mol. The minimum Gasteiger partial charge on any atom is -0.366 e. The minimum absolute atomic E-state index is 0.224. The summed E-state index contributed by atoms with van der Waals surface area (Å²) in [6.45, 7) is 5.15. The molecule has 2 N–H and O–H groups in total. The van der Waals surface area contributed by atoms with Crippen LogP contribution in [0.2, 0.25) is 0 Å². The predicted octanol–water partition coefficient (Wildman–Crippen LogP) is 2.41. The standard InChI is InChI=1S/C16H21N3O/c1-3-20-15(13-7-5-4-6-8-13)16-18-12(2)11-14(19-16)9-10-17/h4-8,11,15H,3,9-10,17H2,1-2H3. The van der Waals surface area contributed by atoms with Crippen molar-refractivity contribution < 1.29 is 4.74 Å². The molecule has 0 fully saturated rings. The van der Waals surface area contributed by atoms with Crippen LogP contribution < -0.4 is 5.73 Å². The second kappa shape index (κ2) is 7.12. The lowest BCUT2D eigenvalue weighted by atomic mass is 10.1. The van der Waals surface area contributed by atoms with Crippen molar-refractivity contribution in [3.05, 3.63) is 59.2 Å². The molecule has 1 aromatic heterocycles. The Balaban J connectivity index is 2.38. The molecule has 0 aliphatic rings. The Labute approximate surface area is 120 Å². The lowest BCUT2D eigenvalue weighted by Crippen LogP contribution is -2.14. The fourth-order valence-electron chi connectivity index (χ4n) is 2.17. The van der Waals surface area contributed by atoms with E-state index in [0.717, 1.165) is 23.4 Å². The van der Waals surface area contributed by atoms with Crippen LogP contribution in [0.1, 0.15) is 35.8 Å². The molecule has 0 spiro atoms. The Morgan fingerprint density at radius 1 is 1.20 bits per heavy atom. The van der Waals surface area contributed by atoms with Crippen LogP contribution in [0.3, 0.4) is 0 Å². The average Bonchev–Trinajstić information content (AvgIpc) is 2.45. The molecule has 4 heteroatoms. The molecule has 0 saturated carbocycles. The summed E-state index contributed by atoms with van der Waals surface area (Å²) in [4.78, 5) is 9.14. The van der Waals surface area contributed by atoms with E-state index in [2.05, 4.69) is 9.97 Å². The molecule has 1 heterocycles. The topological polar surface area (TPSA) is 61.0 Å². The van der Waals surface area contributed by atoms with E-state index in [0.29, 0.717) is 19.0 Å². The molecular formula is C16H21N3O. The van der Waals surface area contributed by atoms with Crippen LogP contribution in [-0.2, 0) is 11.2 Å². The van der Waals surface area contributed by atoms with Gasteiger partial charge in [0, 0.05) is 24.4 Å². The molecule has 0 aliphatic heterocycles.